The van der Waals surface area contributed by atoms with Crippen LogP contribution in [0, 0.1) is 5.92 Å². The van der Waals surface area contributed by atoms with Gasteiger partial charge in [0.05, 0.1) is 18.8 Å². The zero-order valence-electron chi connectivity index (χ0n) is 11.5. The summed E-state index contributed by atoms with van der Waals surface area (Å²) < 4.78 is 6.89. The fraction of sp³-hybridized carbons (Fsp3) is 0.750. The minimum absolute atomic E-state index is 0.00393. The number of hydrogen-bond acceptors (Lipinski definition) is 5. The van der Waals surface area contributed by atoms with Gasteiger partial charge in [-0.2, -0.15) is 0 Å². The molecule has 7 nitrogen and oxygen atoms in total. The molecular formula is C12H20N4O3. The van der Waals surface area contributed by atoms with Gasteiger partial charge in [0.15, 0.2) is 5.69 Å². The molecule has 1 fully saturated rings. The van der Waals surface area contributed by atoms with Gasteiger partial charge >= 0.3 is 5.97 Å². The lowest BCUT2D eigenvalue weighted by Crippen LogP contribution is -2.55. The van der Waals surface area contributed by atoms with Crippen LogP contribution in [0.5, 0.6) is 0 Å². The van der Waals surface area contributed by atoms with Crippen molar-refractivity contribution in [1.29, 1.82) is 0 Å². The number of carbonyl (C=O) groups is 1. The van der Waals surface area contributed by atoms with Crippen LogP contribution in [-0.4, -0.2) is 63.8 Å². The van der Waals surface area contributed by atoms with E-state index >= 15 is 0 Å². The Hall–Kier alpha value is -1.47. The van der Waals surface area contributed by atoms with E-state index < -0.39 is 5.97 Å². The van der Waals surface area contributed by atoms with Gasteiger partial charge in [0, 0.05) is 26.2 Å². The normalized spacial score (nSPS) is 18.5. The minimum atomic E-state index is -1.04. The van der Waals surface area contributed by atoms with Crippen molar-refractivity contribution in [3.8, 4) is 0 Å². The first-order valence-corrected chi connectivity index (χ1v) is 6.41. The number of aromatic nitrogens is 3. The minimum Gasteiger partial charge on any atom is -0.476 e. The van der Waals surface area contributed by atoms with E-state index in [1.54, 1.807) is 11.8 Å². The van der Waals surface area contributed by atoms with Gasteiger partial charge in [-0.25, -0.2) is 9.48 Å². The number of carboxylic acids is 1. The molecule has 1 aliphatic rings. The quantitative estimate of drug-likeness (QED) is 0.809. The van der Waals surface area contributed by atoms with Crippen LogP contribution >= 0.6 is 0 Å². The summed E-state index contributed by atoms with van der Waals surface area (Å²) in [5, 5.41) is 16.3. The molecule has 7 heteroatoms. The van der Waals surface area contributed by atoms with Gasteiger partial charge in [-0.15, -0.1) is 5.10 Å². The molecule has 1 atom stereocenters. The third-order valence-corrected chi connectivity index (χ3v) is 3.57. The molecule has 106 valence electrons. The summed E-state index contributed by atoms with van der Waals surface area (Å²) in [7, 11) is 1.71. The van der Waals surface area contributed by atoms with Crippen LogP contribution in [0.2, 0.25) is 0 Å². The van der Waals surface area contributed by atoms with Gasteiger partial charge in [-0.1, -0.05) is 19.1 Å². The van der Waals surface area contributed by atoms with E-state index in [2.05, 4.69) is 29.1 Å². The Kier molecular flexibility index (Phi) is 4.16. The maximum absolute atomic E-state index is 10.7. The number of likely N-dealkylation sites (tertiary alicyclic amines) is 1. The highest BCUT2D eigenvalue weighted by Gasteiger charge is 2.35. The molecule has 2 rings (SSSR count). The maximum atomic E-state index is 10.7. The maximum Gasteiger partial charge on any atom is 0.358 e. The molecule has 1 aromatic heterocycles. The lowest BCUT2D eigenvalue weighted by molar-refractivity contribution is -0.00687. The third kappa shape index (κ3) is 2.93. The summed E-state index contributed by atoms with van der Waals surface area (Å²) in [5.41, 5.74) is -0.00393. The van der Waals surface area contributed by atoms with Crippen molar-refractivity contribution in [2.75, 3.05) is 26.8 Å². The predicted molar refractivity (Wildman–Crippen MR) is 68.1 cm³/mol. The van der Waals surface area contributed by atoms with Crippen molar-refractivity contribution in [2.45, 2.75) is 25.9 Å². The molecule has 19 heavy (non-hydrogen) atoms. The van der Waals surface area contributed by atoms with Gasteiger partial charge in [0.25, 0.3) is 0 Å². The summed E-state index contributed by atoms with van der Waals surface area (Å²) in [6.45, 7) is 6.77. The molecule has 0 amide bonds. The van der Waals surface area contributed by atoms with Crippen molar-refractivity contribution in [3.63, 3.8) is 0 Å². The summed E-state index contributed by atoms with van der Waals surface area (Å²) in [5.74, 6) is -0.520. The summed E-state index contributed by atoms with van der Waals surface area (Å²) in [4.78, 5) is 13.1. The zero-order chi connectivity index (χ0) is 14.0. The van der Waals surface area contributed by atoms with E-state index in [0.29, 0.717) is 18.6 Å². The number of ether oxygens (including phenoxy) is 1. The Labute approximate surface area is 112 Å². The molecule has 0 spiro atoms. The number of aromatic carboxylic acids is 1. The van der Waals surface area contributed by atoms with Crippen LogP contribution in [0.25, 0.3) is 0 Å². The molecule has 0 bridgehead atoms. The molecule has 1 saturated heterocycles. The first-order valence-electron chi connectivity index (χ1n) is 6.41. The van der Waals surface area contributed by atoms with Crippen molar-refractivity contribution in [1.82, 2.24) is 19.9 Å². The van der Waals surface area contributed by atoms with Crippen LogP contribution in [0.15, 0.2) is 6.20 Å². The molecule has 1 N–H and O–H groups in total. The Morgan fingerprint density at radius 2 is 2.26 bits per heavy atom. The predicted octanol–water partition coefficient (Wildman–Crippen LogP) is 0.504. The summed E-state index contributed by atoms with van der Waals surface area (Å²) in [6.07, 6.45) is 1.49. The highest BCUT2D eigenvalue weighted by molar-refractivity contribution is 5.84. The SMILES string of the molecule is COCC(C(C)C)N1CC(n2cc(C(=O)O)nn2)C1. The van der Waals surface area contributed by atoms with E-state index in [9.17, 15) is 4.79 Å². The molecule has 0 saturated carbocycles. The van der Waals surface area contributed by atoms with Crippen LogP contribution in [0.4, 0.5) is 0 Å². The third-order valence-electron chi connectivity index (χ3n) is 3.57. The Balaban J connectivity index is 1.92. The molecule has 2 heterocycles. The second-order valence-electron chi connectivity index (χ2n) is 5.26. The molecule has 1 aliphatic heterocycles. The lowest BCUT2D eigenvalue weighted by atomic mass is 9.97. The van der Waals surface area contributed by atoms with Gasteiger partial charge in [-0.05, 0) is 5.92 Å². The average Bonchev–Trinajstić information content (AvgIpc) is 2.75. The number of hydrogen-bond donors (Lipinski definition) is 1. The van der Waals surface area contributed by atoms with Gasteiger partial charge < -0.3 is 9.84 Å². The zero-order valence-corrected chi connectivity index (χ0v) is 11.5. The van der Waals surface area contributed by atoms with Gasteiger partial charge in [0.1, 0.15) is 0 Å². The van der Waals surface area contributed by atoms with E-state index in [4.69, 9.17) is 9.84 Å². The number of carboxylic acid groups (broad SMARTS) is 1. The Morgan fingerprint density at radius 3 is 2.74 bits per heavy atom. The van der Waals surface area contributed by atoms with E-state index in [-0.39, 0.29) is 11.7 Å². The van der Waals surface area contributed by atoms with Crippen LogP contribution in [-0.2, 0) is 4.74 Å². The molecule has 1 aromatic rings. The Morgan fingerprint density at radius 1 is 1.58 bits per heavy atom. The van der Waals surface area contributed by atoms with Crippen LogP contribution in [0.1, 0.15) is 30.4 Å². The number of methoxy groups -OCH3 is 1. The fourth-order valence-corrected chi connectivity index (χ4v) is 2.37. The largest absolute Gasteiger partial charge is 0.476 e. The average molecular weight is 268 g/mol. The van der Waals surface area contributed by atoms with Gasteiger partial charge in [0.2, 0.25) is 0 Å². The second kappa shape index (κ2) is 5.66. The lowest BCUT2D eigenvalue weighted by Gasteiger charge is -2.45. The number of rotatable bonds is 6. The van der Waals surface area contributed by atoms with Crippen molar-refractivity contribution >= 4 is 5.97 Å². The van der Waals surface area contributed by atoms with E-state index in [1.165, 1.54) is 6.20 Å². The first kappa shape index (κ1) is 14.0. The molecule has 0 aliphatic carbocycles. The molecular weight excluding hydrogens is 248 g/mol. The number of nitrogens with zero attached hydrogens (tertiary/aromatic N) is 4. The highest BCUT2D eigenvalue weighted by atomic mass is 16.5. The van der Waals surface area contributed by atoms with Crippen LogP contribution in [0.3, 0.4) is 0 Å². The van der Waals surface area contributed by atoms with Crippen molar-refractivity contribution in [2.24, 2.45) is 5.92 Å². The van der Waals surface area contributed by atoms with Gasteiger partial charge in [-0.3, -0.25) is 4.90 Å². The Bertz CT molecular complexity index is 440. The monoisotopic (exact) mass is 268 g/mol. The van der Waals surface area contributed by atoms with Crippen molar-refractivity contribution < 1.29 is 14.6 Å². The molecule has 0 radical (unpaired) electrons. The van der Waals surface area contributed by atoms with Crippen molar-refractivity contribution in [3.05, 3.63) is 11.9 Å². The second-order valence-corrected chi connectivity index (χ2v) is 5.26. The standard InChI is InChI=1S/C12H20N4O3/c1-8(2)11(7-19-3)15-4-9(5-15)16-6-10(12(17)18)13-14-16/h6,8-9,11H,4-5,7H2,1-3H3,(H,17,18). The van der Waals surface area contributed by atoms with Crippen LogP contribution < -0.4 is 0 Å². The fourth-order valence-electron chi connectivity index (χ4n) is 2.37. The summed E-state index contributed by atoms with van der Waals surface area (Å²) in [6, 6.07) is 0.599. The highest BCUT2D eigenvalue weighted by Crippen LogP contribution is 2.26. The topological polar surface area (TPSA) is 80.5 Å². The summed E-state index contributed by atoms with van der Waals surface area (Å²) >= 11 is 0. The smallest absolute Gasteiger partial charge is 0.358 e. The van der Waals surface area contributed by atoms with E-state index in [1.807, 2.05) is 0 Å². The van der Waals surface area contributed by atoms with E-state index in [0.717, 1.165) is 13.1 Å². The molecule has 0 aromatic carbocycles. The molecule has 1 unspecified atom stereocenters. The first-order chi connectivity index (χ1) is 9.02.